The van der Waals surface area contributed by atoms with Gasteiger partial charge in [0.2, 0.25) is 0 Å². The van der Waals surface area contributed by atoms with Crippen molar-refractivity contribution in [2.24, 2.45) is 0 Å². The molecule has 0 saturated heterocycles. The summed E-state index contributed by atoms with van der Waals surface area (Å²) in [7, 11) is 1.37. The quantitative estimate of drug-likeness (QED) is 0.579. The highest BCUT2D eigenvalue weighted by Gasteiger charge is 2.32. The van der Waals surface area contributed by atoms with Crippen LogP contribution in [-0.2, 0) is 16.2 Å². The molecule has 2 aromatic carbocycles. The maximum atomic E-state index is 12.4. The second kappa shape index (κ2) is 8.12. The first-order valence-corrected chi connectivity index (χ1v) is 8.91. The van der Waals surface area contributed by atoms with Crippen LogP contribution in [0.5, 0.6) is 5.75 Å². The molecule has 0 aliphatic carbocycles. The number of hydrogen-bond acceptors (Lipinski definition) is 4. The summed E-state index contributed by atoms with van der Waals surface area (Å²) >= 11 is 5.87. The molecule has 28 heavy (non-hydrogen) atoms. The molecule has 140 valence electrons. The van der Waals surface area contributed by atoms with E-state index in [-0.39, 0.29) is 5.57 Å². The fourth-order valence-corrected chi connectivity index (χ4v) is 2.90. The minimum atomic E-state index is -0.576. The van der Waals surface area contributed by atoms with Crippen molar-refractivity contribution in [3.8, 4) is 11.8 Å². The number of rotatable bonds is 4. The molecular weight excluding hydrogens is 376 g/mol. The number of likely N-dealkylation sites (N-methyl/N-ethyl adjacent to an activating group) is 1. The predicted octanol–water partition coefficient (Wildman–Crippen LogP) is 4.14. The van der Waals surface area contributed by atoms with Gasteiger partial charge in [0.25, 0.3) is 11.8 Å². The lowest BCUT2D eigenvalue weighted by molar-refractivity contribution is -0.138. The van der Waals surface area contributed by atoms with Gasteiger partial charge in [0, 0.05) is 17.6 Å². The van der Waals surface area contributed by atoms with Crippen LogP contribution in [0.2, 0.25) is 5.02 Å². The van der Waals surface area contributed by atoms with Crippen LogP contribution in [0.1, 0.15) is 18.1 Å². The van der Waals surface area contributed by atoms with Gasteiger partial charge in [-0.1, -0.05) is 35.9 Å². The third-order valence-corrected chi connectivity index (χ3v) is 4.71. The van der Waals surface area contributed by atoms with E-state index < -0.39 is 11.8 Å². The van der Waals surface area contributed by atoms with Crippen molar-refractivity contribution >= 4 is 29.5 Å². The van der Waals surface area contributed by atoms with Gasteiger partial charge < -0.3 is 4.74 Å². The second-order valence-corrected chi connectivity index (χ2v) is 6.76. The summed E-state index contributed by atoms with van der Waals surface area (Å²) in [5.41, 5.74) is 2.46. The fourth-order valence-electron chi connectivity index (χ4n) is 2.77. The third kappa shape index (κ3) is 3.98. The van der Waals surface area contributed by atoms with Gasteiger partial charge in [0.15, 0.2) is 0 Å². The topological polar surface area (TPSA) is 70.4 Å². The first kappa shape index (κ1) is 19.4. The number of carbonyl (C=O) groups is 2. The number of nitriles is 1. The van der Waals surface area contributed by atoms with Crippen molar-refractivity contribution in [3.63, 3.8) is 0 Å². The first-order valence-electron chi connectivity index (χ1n) is 8.53. The molecule has 0 atom stereocenters. The van der Waals surface area contributed by atoms with Crippen LogP contribution in [0.25, 0.3) is 6.08 Å². The number of amides is 2. The average Bonchev–Trinajstić information content (AvgIpc) is 2.70. The van der Waals surface area contributed by atoms with Crippen LogP contribution in [0.4, 0.5) is 0 Å². The van der Waals surface area contributed by atoms with Crippen LogP contribution in [-0.4, -0.2) is 23.8 Å². The molecule has 3 rings (SSSR count). The minimum Gasteiger partial charge on any atom is -0.489 e. The Balaban J connectivity index is 1.78. The van der Waals surface area contributed by atoms with Crippen LogP contribution in [0.3, 0.4) is 0 Å². The van der Waals surface area contributed by atoms with E-state index in [0.717, 1.165) is 16.0 Å². The van der Waals surface area contributed by atoms with E-state index in [1.807, 2.05) is 42.5 Å². The summed E-state index contributed by atoms with van der Waals surface area (Å²) in [4.78, 5) is 25.4. The highest BCUT2D eigenvalue weighted by molar-refractivity contribution is 6.30. The maximum Gasteiger partial charge on any atom is 0.271 e. The number of benzene rings is 2. The molecule has 0 radical (unpaired) electrons. The highest BCUT2D eigenvalue weighted by Crippen LogP contribution is 2.26. The normalized spacial score (nSPS) is 15.8. The minimum absolute atomic E-state index is 0.0173. The Kier molecular flexibility index (Phi) is 5.62. The molecule has 0 bridgehead atoms. The van der Waals surface area contributed by atoms with Crippen molar-refractivity contribution in [1.82, 2.24) is 4.90 Å². The lowest BCUT2D eigenvalue weighted by atomic mass is 9.94. The molecule has 0 aromatic heterocycles. The van der Waals surface area contributed by atoms with Crippen molar-refractivity contribution in [2.45, 2.75) is 13.5 Å². The predicted molar refractivity (Wildman–Crippen MR) is 106 cm³/mol. The Labute approximate surface area is 168 Å². The molecule has 0 unspecified atom stereocenters. The Morgan fingerprint density at radius 2 is 1.71 bits per heavy atom. The van der Waals surface area contributed by atoms with Gasteiger partial charge in [-0.3, -0.25) is 14.5 Å². The summed E-state index contributed by atoms with van der Waals surface area (Å²) in [6.45, 7) is 2.02. The largest absolute Gasteiger partial charge is 0.489 e. The van der Waals surface area contributed by atoms with Crippen molar-refractivity contribution in [2.75, 3.05) is 7.05 Å². The van der Waals surface area contributed by atoms with E-state index in [1.165, 1.54) is 7.05 Å². The van der Waals surface area contributed by atoms with E-state index in [1.54, 1.807) is 25.1 Å². The molecule has 0 saturated carbocycles. The molecule has 0 spiro atoms. The zero-order valence-corrected chi connectivity index (χ0v) is 16.2. The van der Waals surface area contributed by atoms with Crippen LogP contribution in [0, 0.1) is 11.3 Å². The number of imide groups is 1. The van der Waals surface area contributed by atoms with Gasteiger partial charge in [-0.2, -0.15) is 5.26 Å². The number of carbonyl (C=O) groups excluding carboxylic acids is 2. The maximum absolute atomic E-state index is 12.4. The van der Waals surface area contributed by atoms with E-state index >= 15 is 0 Å². The molecule has 6 heteroatoms. The molecular formula is C22H17ClN2O3. The number of ether oxygens (including phenoxy) is 1. The zero-order valence-electron chi connectivity index (χ0n) is 15.4. The molecule has 1 heterocycles. The molecule has 1 aliphatic heterocycles. The summed E-state index contributed by atoms with van der Waals surface area (Å²) in [5, 5.41) is 9.88. The Bertz CT molecular complexity index is 1030. The van der Waals surface area contributed by atoms with Gasteiger partial charge in [-0.15, -0.1) is 0 Å². The highest BCUT2D eigenvalue weighted by atomic mass is 35.5. The second-order valence-electron chi connectivity index (χ2n) is 6.32. The standard InChI is InChI=1S/C22H17ClN2O3/c1-14-19(21(26)25(2)22(27)20(14)12-24)11-15-5-9-18(10-6-15)28-13-16-3-7-17(23)8-4-16/h3-11H,13H2,1-2H3/b19-11+. The van der Waals surface area contributed by atoms with Crippen LogP contribution >= 0.6 is 11.6 Å². The summed E-state index contributed by atoms with van der Waals surface area (Å²) in [5.74, 6) is -0.318. The molecule has 1 aliphatic rings. The number of nitrogens with zero attached hydrogens (tertiary/aromatic N) is 2. The van der Waals surface area contributed by atoms with Gasteiger partial charge in [0.05, 0.1) is 0 Å². The Morgan fingerprint density at radius 1 is 1.07 bits per heavy atom. The van der Waals surface area contributed by atoms with Crippen LogP contribution in [0.15, 0.2) is 65.3 Å². The fraction of sp³-hybridized carbons (Fsp3) is 0.136. The monoisotopic (exact) mass is 392 g/mol. The summed E-state index contributed by atoms with van der Waals surface area (Å²) in [6.07, 6.45) is 1.67. The third-order valence-electron chi connectivity index (χ3n) is 4.45. The Morgan fingerprint density at radius 3 is 2.32 bits per heavy atom. The summed E-state index contributed by atoms with van der Waals surface area (Å²) in [6, 6.07) is 16.5. The van der Waals surface area contributed by atoms with Gasteiger partial charge in [0.1, 0.15) is 24.0 Å². The first-order chi connectivity index (χ1) is 13.4. The molecule has 2 aromatic rings. The van der Waals surface area contributed by atoms with Crippen molar-refractivity contribution in [1.29, 1.82) is 5.26 Å². The van der Waals surface area contributed by atoms with Crippen molar-refractivity contribution in [3.05, 3.63) is 81.4 Å². The van der Waals surface area contributed by atoms with E-state index in [0.29, 0.717) is 28.5 Å². The smallest absolute Gasteiger partial charge is 0.271 e. The SMILES string of the molecule is CC1=C(C#N)C(=O)N(C)C(=O)/C1=C/c1ccc(OCc2ccc(Cl)cc2)cc1. The van der Waals surface area contributed by atoms with E-state index in [4.69, 9.17) is 16.3 Å². The van der Waals surface area contributed by atoms with Gasteiger partial charge in [-0.05, 0) is 54.0 Å². The number of halogens is 1. The summed E-state index contributed by atoms with van der Waals surface area (Å²) < 4.78 is 5.75. The lowest BCUT2D eigenvalue weighted by Crippen LogP contribution is -2.39. The van der Waals surface area contributed by atoms with Gasteiger partial charge >= 0.3 is 0 Å². The Hall–Kier alpha value is -3.36. The van der Waals surface area contributed by atoms with Crippen molar-refractivity contribution < 1.29 is 14.3 Å². The average molecular weight is 393 g/mol. The van der Waals surface area contributed by atoms with E-state index in [2.05, 4.69) is 0 Å². The molecule has 0 fully saturated rings. The number of hydrogen-bond donors (Lipinski definition) is 0. The molecule has 0 N–H and O–H groups in total. The van der Waals surface area contributed by atoms with E-state index in [9.17, 15) is 14.9 Å². The van der Waals surface area contributed by atoms with Gasteiger partial charge in [-0.25, -0.2) is 0 Å². The molecule has 5 nitrogen and oxygen atoms in total. The zero-order chi connectivity index (χ0) is 20.3. The molecule has 2 amide bonds. The van der Waals surface area contributed by atoms with Crippen LogP contribution < -0.4 is 4.74 Å². The lowest BCUT2D eigenvalue weighted by Gasteiger charge is -2.23.